The van der Waals surface area contributed by atoms with E-state index < -0.39 is 18.0 Å². The molecular formula is C12H11F3O3. The van der Waals surface area contributed by atoms with E-state index in [0.717, 1.165) is 12.1 Å². The van der Waals surface area contributed by atoms with Crippen molar-refractivity contribution in [3.8, 4) is 0 Å². The zero-order valence-corrected chi connectivity index (χ0v) is 9.37. The second-order valence-electron chi connectivity index (χ2n) is 3.87. The van der Waals surface area contributed by atoms with Crippen LogP contribution in [0.3, 0.4) is 0 Å². The Morgan fingerprint density at radius 1 is 1.17 bits per heavy atom. The summed E-state index contributed by atoms with van der Waals surface area (Å²) < 4.78 is 47.2. The number of benzene rings is 1. The molecule has 1 aliphatic heterocycles. The maximum absolute atomic E-state index is 12.3. The molecule has 0 saturated carbocycles. The molecule has 0 bridgehead atoms. The standard InChI is InChI=1S/C12H11F3O3/c13-12(14,15)9-3-1-8(2-4-9)10(16)7-11-17-5-6-18-11/h1-4,11H,5-7H2. The molecule has 1 heterocycles. The number of carbonyl (C=O) groups is 1. The molecule has 0 unspecified atom stereocenters. The maximum atomic E-state index is 12.3. The molecule has 3 nitrogen and oxygen atoms in total. The SMILES string of the molecule is O=C(CC1OCCO1)c1ccc(C(F)(F)F)cc1. The molecule has 98 valence electrons. The number of halogens is 3. The van der Waals surface area contributed by atoms with Gasteiger partial charge in [-0.3, -0.25) is 4.79 Å². The van der Waals surface area contributed by atoms with Gasteiger partial charge in [0.15, 0.2) is 12.1 Å². The summed E-state index contributed by atoms with van der Waals surface area (Å²) in [6.07, 6.45) is -4.95. The van der Waals surface area contributed by atoms with Crippen LogP contribution in [0, 0.1) is 0 Å². The van der Waals surface area contributed by atoms with Gasteiger partial charge in [0.2, 0.25) is 0 Å². The maximum Gasteiger partial charge on any atom is 0.416 e. The molecule has 0 amide bonds. The van der Waals surface area contributed by atoms with E-state index in [0.29, 0.717) is 13.2 Å². The predicted octanol–water partition coefficient (Wildman–Crippen LogP) is 2.65. The van der Waals surface area contributed by atoms with Gasteiger partial charge in [-0.25, -0.2) is 0 Å². The second-order valence-corrected chi connectivity index (χ2v) is 3.87. The summed E-state index contributed by atoms with van der Waals surface area (Å²) >= 11 is 0. The Bertz CT molecular complexity index is 419. The van der Waals surface area contributed by atoms with Crippen LogP contribution in [-0.2, 0) is 15.7 Å². The summed E-state index contributed by atoms with van der Waals surface area (Å²) in [5.74, 6) is -0.296. The lowest BCUT2D eigenvalue weighted by molar-refractivity contribution is -0.137. The quantitative estimate of drug-likeness (QED) is 0.784. The van der Waals surface area contributed by atoms with E-state index in [2.05, 4.69) is 0 Å². The minimum atomic E-state index is -4.39. The molecule has 1 aliphatic rings. The van der Waals surface area contributed by atoms with Crippen LogP contribution >= 0.6 is 0 Å². The van der Waals surface area contributed by atoms with E-state index in [4.69, 9.17) is 9.47 Å². The highest BCUT2D eigenvalue weighted by atomic mass is 19.4. The van der Waals surface area contributed by atoms with Crippen molar-refractivity contribution < 1.29 is 27.4 Å². The van der Waals surface area contributed by atoms with Crippen molar-refractivity contribution in [3.63, 3.8) is 0 Å². The lowest BCUT2D eigenvalue weighted by Crippen LogP contribution is -2.14. The smallest absolute Gasteiger partial charge is 0.350 e. The number of carbonyl (C=O) groups excluding carboxylic acids is 1. The number of Topliss-reactive ketones (excluding diaryl/α,β-unsaturated/α-hetero) is 1. The molecule has 0 aromatic heterocycles. The van der Waals surface area contributed by atoms with Gasteiger partial charge in [0.05, 0.1) is 25.2 Å². The first-order chi connectivity index (χ1) is 8.47. The molecule has 1 fully saturated rings. The highest BCUT2D eigenvalue weighted by Gasteiger charge is 2.30. The topological polar surface area (TPSA) is 35.5 Å². The summed E-state index contributed by atoms with van der Waals surface area (Å²) in [7, 11) is 0. The van der Waals surface area contributed by atoms with Gasteiger partial charge in [-0.1, -0.05) is 12.1 Å². The molecule has 1 saturated heterocycles. The van der Waals surface area contributed by atoms with Crippen molar-refractivity contribution in [1.29, 1.82) is 0 Å². The van der Waals surface area contributed by atoms with Crippen LogP contribution in [0.5, 0.6) is 0 Å². The van der Waals surface area contributed by atoms with Crippen molar-refractivity contribution in [1.82, 2.24) is 0 Å². The van der Waals surface area contributed by atoms with E-state index in [9.17, 15) is 18.0 Å². The van der Waals surface area contributed by atoms with E-state index >= 15 is 0 Å². The molecule has 0 aliphatic carbocycles. The average molecular weight is 260 g/mol. The Kier molecular flexibility index (Phi) is 3.68. The van der Waals surface area contributed by atoms with E-state index in [1.807, 2.05) is 0 Å². The fraction of sp³-hybridized carbons (Fsp3) is 0.417. The number of rotatable bonds is 3. The monoisotopic (exact) mass is 260 g/mol. The van der Waals surface area contributed by atoms with Crippen molar-refractivity contribution in [2.24, 2.45) is 0 Å². The van der Waals surface area contributed by atoms with Gasteiger partial charge < -0.3 is 9.47 Å². The Morgan fingerprint density at radius 2 is 1.72 bits per heavy atom. The first-order valence-corrected chi connectivity index (χ1v) is 5.40. The molecule has 6 heteroatoms. The fourth-order valence-electron chi connectivity index (χ4n) is 1.64. The van der Waals surface area contributed by atoms with Crippen LogP contribution in [-0.4, -0.2) is 25.3 Å². The van der Waals surface area contributed by atoms with E-state index in [1.165, 1.54) is 12.1 Å². The summed E-state index contributed by atoms with van der Waals surface area (Å²) in [5.41, 5.74) is -0.547. The fourth-order valence-corrected chi connectivity index (χ4v) is 1.64. The van der Waals surface area contributed by atoms with Crippen molar-refractivity contribution in [2.45, 2.75) is 18.9 Å². The summed E-state index contributed by atoms with van der Waals surface area (Å²) in [6.45, 7) is 0.871. The van der Waals surface area contributed by atoms with Crippen LogP contribution in [0.25, 0.3) is 0 Å². The molecule has 1 aromatic carbocycles. The largest absolute Gasteiger partial charge is 0.416 e. The number of hydrogen-bond donors (Lipinski definition) is 0. The highest BCUT2D eigenvalue weighted by Crippen LogP contribution is 2.29. The van der Waals surface area contributed by atoms with Gasteiger partial charge in [0.25, 0.3) is 0 Å². The number of ketones is 1. The zero-order chi connectivity index (χ0) is 13.2. The lowest BCUT2D eigenvalue weighted by Gasteiger charge is -2.09. The van der Waals surface area contributed by atoms with Gasteiger partial charge in [-0.15, -0.1) is 0 Å². The van der Waals surface area contributed by atoms with Gasteiger partial charge >= 0.3 is 6.18 Å². The molecule has 0 atom stereocenters. The van der Waals surface area contributed by atoms with Gasteiger partial charge in [-0.2, -0.15) is 13.2 Å². The molecule has 2 rings (SSSR count). The number of alkyl halides is 3. The molecular weight excluding hydrogens is 249 g/mol. The Labute approximate surface area is 102 Å². The van der Waals surface area contributed by atoms with Gasteiger partial charge in [-0.05, 0) is 12.1 Å². The van der Waals surface area contributed by atoms with Crippen molar-refractivity contribution in [3.05, 3.63) is 35.4 Å². The Hall–Kier alpha value is -1.40. The van der Waals surface area contributed by atoms with E-state index in [-0.39, 0.29) is 17.8 Å². The highest BCUT2D eigenvalue weighted by molar-refractivity contribution is 5.96. The molecule has 1 aromatic rings. The van der Waals surface area contributed by atoms with Crippen molar-refractivity contribution >= 4 is 5.78 Å². The third-order valence-electron chi connectivity index (χ3n) is 2.58. The molecule has 18 heavy (non-hydrogen) atoms. The summed E-state index contributed by atoms with van der Waals surface area (Å²) in [5, 5.41) is 0. The first kappa shape index (κ1) is 13.0. The van der Waals surface area contributed by atoms with Crippen LogP contribution in [0.4, 0.5) is 13.2 Å². The van der Waals surface area contributed by atoms with Crippen LogP contribution < -0.4 is 0 Å². The lowest BCUT2D eigenvalue weighted by atomic mass is 10.1. The predicted molar refractivity (Wildman–Crippen MR) is 56.1 cm³/mol. The summed E-state index contributed by atoms with van der Waals surface area (Å²) in [6, 6.07) is 4.12. The summed E-state index contributed by atoms with van der Waals surface area (Å²) in [4.78, 5) is 11.7. The molecule has 0 spiro atoms. The van der Waals surface area contributed by atoms with Crippen LogP contribution in [0.1, 0.15) is 22.3 Å². The minimum Gasteiger partial charge on any atom is -0.350 e. The van der Waals surface area contributed by atoms with Crippen LogP contribution in [0.2, 0.25) is 0 Å². The molecule has 0 radical (unpaired) electrons. The van der Waals surface area contributed by atoms with E-state index in [1.54, 1.807) is 0 Å². The number of hydrogen-bond acceptors (Lipinski definition) is 3. The second kappa shape index (κ2) is 5.07. The first-order valence-electron chi connectivity index (χ1n) is 5.40. The van der Waals surface area contributed by atoms with Gasteiger partial charge in [0.1, 0.15) is 0 Å². The third kappa shape index (κ3) is 3.08. The third-order valence-corrected chi connectivity index (χ3v) is 2.58. The minimum absolute atomic E-state index is 0.0192. The average Bonchev–Trinajstić information content (AvgIpc) is 2.81. The Balaban J connectivity index is 2.02. The van der Waals surface area contributed by atoms with Crippen LogP contribution in [0.15, 0.2) is 24.3 Å². The number of ether oxygens (including phenoxy) is 2. The normalized spacial score (nSPS) is 17.1. The van der Waals surface area contributed by atoms with Gasteiger partial charge in [0, 0.05) is 5.56 Å². The van der Waals surface area contributed by atoms with Crippen molar-refractivity contribution in [2.75, 3.05) is 13.2 Å². The molecule has 0 N–H and O–H groups in total. The zero-order valence-electron chi connectivity index (χ0n) is 9.37. The Morgan fingerprint density at radius 3 is 2.22 bits per heavy atom.